The van der Waals surface area contributed by atoms with Crippen molar-refractivity contribution in [2.75, 3.05) is 53.0 Å². The van der Waals surface area contributed by atoms with E-state index in [1.165, 1.54) is 5.56 Å². The van der Waals surface area contributed by atoms with Gasteiger partial charge in [-0.05, 0) is 17.5 Å². The standard InChI is InChI=1S/C19H30N4O2/c1-15(14-23-7-9-24-10-8-23)12-21-19(20-2)22-13-17-11-16-5-3-4-6-18(16)25-17/h3-6,15,17H,7-14H2,1-2H3,(H2,20,21,22). The van der Waals surface area contributed by atoms with Crippen LogP contribution in [0.15, 0.2) is 29.3 Å². The summed E-state index contributed by atoms with van der Waals surface area (Å²) in [5.41, 5.74) is 1.29. The minimum absolute atomic E-state index is 0.168. The zero-order valence-corrected chi connectivity index (χ0v) is 15.3. The number of hydrogen-bond acceptors (Lipinski definition) is 4. The van der Waals surface area contributed by atoms with Gasteiger partial charge in [-0.25, -0.2) is 0 Å². The lowest BCUT2D eigenvalue weighted by Crippen LogP contribution is -2.45. The number of hydrogen-bond donors (Lipinski definition) is 2. The predicted octanol–water partition coefficient (Wildman–Crippen LogP) is 1.12. The van der Waals surface area contributed by atoms with E-state index in [2.05, 4.69) is 39.6 Å². The first-order chi connectivity index (χ1) is 12.2. The summed E-state index contributed by atoms with van der Waals surface area (Å²) in [6.45, 7) is 8.81. The number of nitrogens with one attached hydrogen (secondary N) is 2. The summed E-state index contributed by atoms with van der Waals surface area (Å²) in [5.74, 6) is 2.41. The molecule has 2 heterocycles. The van der Waals surface area contributed by atoms with Crippen LogP contribution < -0.4 is 15.4 Å². The molecule has 6 heteroatoms. The number of fused-ring (bicyclic) bond motifs is 1. The molecule has 1 saturated heterocycles. The molecule has 0 aromatic heterocycles. The Bertz CT molecular complexity index is 547. The number of rotatable bonds is 6. The summed E-state index contributed by atoms with van der Waals surface area (Å²) >= 11 is 0. The second-order valence-electron chi connectivity index (χ2n) is 6.90. The first-order valence-corrected chi connectivity index (χ1v) is 9.24. The molecule has 0 bridgehead atoms. The number of nitrogens with zero attached hydrogens (tertiary/aromatic N) is 2. The minimum Gasteiger partial charge on any atom is -0.488 e. The zero-order valence-electron chi connectivity index (χ0n) is 15.3. The Hall–Kier alpha value is -1.79. The molecular formula is C19H30N4O2. The number of benzene rings is 1. The van der Waals surface area contributed by atoms with Crippen molar-refractivity contribution in [1.29, 1.82) is 0 Å². The molecule has 25 heavy (non-hydrogen) atoms. The fourth-order valence-corrected chi connectivity index (χ4v) is 3.36. The quantitative estimate of drug-likeness (QED) is 0.597. The van der Waals surface area contributed by atoms with Gasteiger partial charge in [0.2, 0.25) is 0 Å². The number of aliphatic imine (C=N–C) groups is 1. The average Bonchev–Trinajstić information content (AvgIpc) is 3.05. The second-order valence-corrected chi connectivity index (χ2v) is 6.90. The third-order valence-corrected chi connectivity index (χ3v) is 4.73. The van der Waals surface area contributed by atoms with Crippen LogP contribution in [-0.4, -0.2) is 69.9 Å². The molecule has 2 atom stereocenters. The highest BCUT2D eigenvalue weighted by atomic mass is 16.5. The van der Waals surface area contributed by atoms with Gasteiger partial charge in [-0.15, -0.1) is 0 Å². The van der Waals surface area contributed by atoms with Gasteiger partial charge in [-0.2, -0.15) is 0 Å². The second kappa shape index (κ2) is 9.06. The lowest BCUT2D eigenvalue weighted by atomic mass is 10.1. The molecule has 0 radical (unpaired) electrons. The average molecular weight is 346 g/mol. The van der Waals surface area contributed by atoms with Gasteiger partial charge in [-0.1, -0.05) is 25.1 Å². The van der Waals surface area contributed by atoms with Gasteiger partial charge < -0.3 is 20.1 Å². The maximum Gasteiger partial charge on any atom is 0.191 e. The van der Waals surface area contributed by atoms with Gasteiger partial charge in [0, 0.05) is 39.6 Å². The highest BCUT2D eigenvalue weighted by Crippen LogP contribution is 2.27. The molecule has 138 valence electrons. The predicted molar refractivity (Wildman–Crippen MR) is 100 cm³/mol. The summed E-state index contributed by atoms with van der Waals surface area (Å²) < 4.78 is 11.4. The molecule has 3 rings (SSSR count). The SMILES string of the molecule is CN=C(NCC(C)CN1CCOCC1)NCC1Cc2ccccc2O1. The van der Waals surface area contributed by atoms with E-state index >= 15 is 0 Å². The molecule has 2 aliphatic rings. The normalized spacial score (nSPS) is 22.2. The molecule has 6 nitrogen and oxygen atoms in total. The van der Waals surface area contributed by atoms with Gasteiger partial charge in [0.25, 0.3) is 0 Å². The third kappa shape index (κ3) is 5.34. The van der Waals surface area contributed by atoms with Crippen LogP contribution in [-0.2, 0) is 11.2 Å². The van der Waals surface area contributed by atoms with E-state index in [0.717, 1.165) is 64.1 Å². The maximum atomic E-state index is 5.96. The van der Waals surface area contributed by atoms with E-state index in [-0.39, 0.29) is 6.10 Å². The minimum atomic E-state index is 0.168. The highest BCUT2D eigenvalue weighted by Gasteiger charge is 2.22. The lowest BCUT2D eigenvalue weighted by Gasteiger charge is -2.29. The van der Waals surface area contributed by atoms with Crippen LogP contribution in [0.5, 0.6) is 5.75 Å². The van der Waals surface area contributed by atoms with Crippen LogP contribution >= 0.6 is 0 Å². The van der Waals surface area contributed by atoms with Gasteiger partial charge in [-0.3, -0.25) is 9.89 Å². The number of para-hydroxylation sites is 1. The van der Waals surface area contributed by atoms with E-state index < -0.39 is 0 Å². The van der Waals surface area contributed by atoms with E-state index in [1.54, 1.807) is 0 Å². The Morgan fingerprint density at radius 2 is 2.08 bits per heavy atom. The van der Waals surface area contributed by atoms with E-state index in [0.29, 0.717) is 5.92 Å². The molecule has 0 spiro atoms. The van der Waals surface area contributed by atoms with Crippen molar-refractivity contribution < 1.29 is 9.47 Å². The van der Waals surface area contributed by atoms with Crippen molar-refractivity contribution in [3.8, 4) is 5.75 Å². The molecule has 1 fully saturated rings. The van der Waals surface area contributed by atoms with Gasteiger partial charge >= 0.3 is 0 Å². The third-order valence-electron chi connectivity index (χ3n) is 4.73. The summed E-state index contributed by atoms with van der Waals surface area (Å²) in [4.78, 5) is 6.79. The summed E-state index contributed by atoms with van der Waals surface area (Å²) in [7, 11) is 1.81. The molecule has 2 N–H and O–H groups in total. The molecule has 0 saturated carbocycles. The largest absolute Gasteiger partial charge is 0.488 e. The molecule has 2 unspecified atom stereocenters. The molecular weight excluding hydrogens is 316 g/mol. The van der Waals surface area contributed by atoms with Crippen molar-refractivity contribution >= 4 is 5.96 Å². The van der Waals surface area contributed by atoms with E-state index in [1.807, 2.05) is 19.2 Å². The molecule has 1 aromatic rings. The van der Waals surface area contributed by atoms with Crippen molar-refractivity contribution in [1.82, 2.24) is 15.5 Å². The molecule has 1 aromatic carbocycles. The summed E-state index contributed by atoms with van der Waals surface area (Å²) in [6, 6.07) is 8.25. The van der Waals surface area contributed by atoms with Crippen LogP contribution in [0.3, 0.4) is 0 Å². The Labute approximate surface area is 150 Å². The topological polar surface area (TPSA) is 58.1 Å². The lowest BCUT2D eigenvalue weighted by molar-refractivity contribution is 0.0320. The van der Waals surface area contributed by atoms with Crippen LogP contribution in [0.4, 0.5) is 0 Å². The number of guanidine groups is 1. The van der Waals surface area contributed by atoms with Gasteiger partial charge in [0.05, 0.1) is 19.8 Å². The Morgan fingerprint density at radius 3 is 2.84 bits per heavy atom. The van der Waals surface area contributed by atoms with Crippen molar-refractivity contribution in [3.05, 3.63) is 29.8 Å². The zero-order chi connectivity index (χ0) is 17.5. The Kier molecular flexibility index (Phi) is 6.53. The van der Waals surface area contributed by atoms with Crippen molar-refractivity contribution in [2.45, 2.75) is 19.4 Å². The van der Waals surface area contributed by atoms with Crippen LogP contribution in [0.25, 0.3) is 0 Å². The summed E-state index contributed by atoms with van der Waals surface area (Å²) in [6.07, 6.45) is 1.12. The number of ether oxygens (including phenoxy) is 2. The smallest absolute Gasteiger partial charge is 0.191 e. The fraction of sp³-hybridized carbons (Fsp3) is 0.632. The monoisotopic (exact) mass is 346 g/mol. The van der Waals surface area contributed by atoms with Crippen molar-refractivity contribution in [2.24, 2.45) is 10.9 Å². The van der Waals surface area contributed by atoms with E-state index in [4.69, 9.17) is 9.47 Å². The first kappa shape index (κ1) is 18.0. The molecule has 0 aliphatic carbocycles. The van der Waals surface area contributed by atoms with Gasteiger partial charge in [0.1, 0.15) is 11.9 Å². The van der Waals surface area contributed by atoms with Gasteiger partial charge in [0.15, 0.2) is 5.96 Å². The summed E-state index contributed by atoms with van der Waals surface area (Å²) in [5, 5.41) is 6.81. The van der Waals surface area contributed by atoms with E-state index in [9.17, 15) is 0 Å². The van der Waals surface area contributed by atoms with Crippen LogP contribution in [0.1, 0.15) is 12.5 Å². The molecule has 0 amide bonds. The maximum absolute atomic E-state index is 5.96. The van der Waals surface area contributed by atoms with Crippen molar-refractivity contribution in [3.63, 3.8) is 0 Å². The van der Waals surface area contributed by atoms with Crippen LogP contribution in [0, 0.1) is 5.92 Å². The fourth-order valence-electron chi connectivity index (χ4n) is 3.36. The Morgan fingerprint density at radius 1 is 1.28 bits per heavy atom. The van der Waals surface area contributed by atoms with Crippen LogP contribution in [0.2, 0.25) is 0 Å². The highest BCUT2D eigenvalue weighted by molar-refractivity contribution is 5.79. The Balaban J connectivity index is 1.35. The molecule has 2 aliphatic heterocycles. The first-order valence-electron chi connectivity index (χ1n) is 9.24. The number of morpholine rings is 1.